The van der Waals surface area contributed by atoms with E-state index in [9.17, 15) is 0 Å². The van der Waals surface area contributed by atoms with Crippen LogP contribution in [0.4, 0.5) is 0 Å². The van der Waals surface area contributed by atoms with Crippen LogP contribution in [-0.4, -0.2) is 29.5 Å². The van der Waals surface area contributed by atoms with Crippen LogP contribution < -0.4 is 0 Å². The summed E-state index contributed by atoms with van der Waals surface area (Å²) in [6, 6.07) is 2.22. The Kier molecular flexibility index (Phi) is 2.47. The molecule has 0 bridgehead atoms. The van der Waals surface area contributed by atoms with Gasteiger partial charge < -0.3 is 4.90 Å². The maximum atomic E-state index is 4.26. The van der Waals surface area contributed by atoms with Gasteiger partial charge in [0.05, 0.1) is 0 Å². The molecule has 16 heavy (non-hydrogen) atoms. The number of aromatic nitrogens is 1. The van der Waals surface area contributed by atoms with E-state index in [1.165, 1.54) is 50.9 Å². The number of rotatable bonds is 1. The predicted octanol–water partition coefficient (Wildman–Crippen LogP) is 2.28. The number of piperidine rings is 1. The summed E-state index contributed by atoms with van der Waals surface area (Å²) in [5.74, 6) is 0. The van der Waals surface area contributed by atoms with Crippen molar-refractivity contribution in [3.63, 3.8) is 0 Å². The van der Waals surface area contributed by atoms with Gasteiger partial charge in [-0.25, -0.2) is 0 Å². The van der Waals surface area contributed by atoms with Crippen LogP contribution in [0.1, 0.15) is 30.9 Å². The second-order valence-corrected chi connectivity index (χ2v) is 5.43. The SMILES string of the molecule is CCN1CCC2(CC1)Cc1ccncc1C2. The van der Waals surface area contributed by atoms with E-state index >= 15 is 0 Å². The van der Waals surface area contributed by atoms with Crippen LogP contribution in [-0.2, 0) is 12.8 Å². The molecule has 0 atom stereocenters. The second-order valence-electron chi connectivity index (χ2n) is 5.43. The zero-order valence-electron chi connectivity index (χ0n) is 10.1. The Hall–Kier alpha value is -0.890. The van der Waals surface area contributed by atoms with Crippen LogP contribution in [0, 0.1) is 5.41 Å². The van der Waals surface area contributed by atoms with Crippen molar-refractivity contribution in [2.45, 2.75) is 32.6 Å². The van der Waals surface area contributed by atoms with Gasteiger partial charge in [0.25, 0.3) is 0 Å². The molecular formula is C14H20N2. The topological polar surface area (TPSA) is 16.1 Å². The summed E-state index contributed by atoms with van der Waals surface area (Å²) < 4.78 is 0. The van der Waals surface area contributed by atoms with Gasteiger partial charge in [-0.15, -0.1) is 0 Å². The molecule has 0 N–H and O–H groups in total. The lowest BCUT2D eigenvalue weighted by Crippen LogP contribution is -2.40. The molecule has 1 saturated heterocycles. The number of likely N-dealkylation sites (tertiary alicyclic amines) is 1. The average Bonchev–Trinajstić information content (AvgIpc) is 2.68. The van der Waals surface area contributed by atoms with Gasteiger partial charge in [0.15, 0.2) is 0 Å². The number of pyridine rings is 1. The quantitative estimate of drug-likeness (QED) is 0.716. The van der Waals surface area contributed by atoms with Crippen LogP contribution in [0.5, 0.6) is 0 Å². The highest BCUT2D eigenvalue weighted by Crippen LogP contribution is 2.44. The Morgan fingerprint density at radius 2 is 2.00 bits per heavy atom. The van der Waals surface area contributed by atoms with Crippen LogP contribution in [0.25, 0.3) is 0 Å². The van der Waals surface area contributed by atoms with E-state index in [2.05, 4.69) is 29.1 Å². The van der Waals surface area contributed by atoms with Crippen molar-refractivity contribution >= 4 is 0 Å². The van der Waals surface area contributed by atoms with Crippen molar-refractivity contribution in [1.82, 2.24) is 9.88 Å². The summed E-state index contributed by atoms with van der Waals surface area (Å²) in [6.07, 6.45) is 9.33. The second kappa shape index (κ2) is 3.85. The summed E-state index contributed by atoms with van der Waals surface area (Å²) >= 11 is 0. The van der Waals surface area contributed by atoms with Crippen LogP contribution in [0.15, 0.2) is 18.5 Å². The molecule has 0 aromatic carbocycles. The van der Waals surface area contributed by atoms with Gasteiger partial charge in [0, 0.05) is 12.4 Å². The summed E-state index contributed by atoms with van der Waals surface area (Å²) in [5, 5.41) is 0. The van der Waals surface area contributed by atoms with Crippen molar-refractivity contribution < 1.29 is 0 Å². The molecule has 2 nitrogen and oxygen atoms in total. The minimum atomic E-state index is 0.580. The van der Waals surface area contributed by atoms with E-state index < -0.39 is 0 Å². The van der Waals surface area contributed by atoms with Crippen molar-refractivity contribution in [3.8, 4) is 0 Å². The fourth-order valence-corrected chi connectivity index (χ4v) is 3.36. The molecule has 86 valence electrons. The standard InChI is InChI=1S/C14H20N2/c1-2-16-7-4-14(5-8-16)9-12-3-6-15-11-13(12)10-14/h3,6,11H,2,4-5,7-10H2,1H3. The lowest BCUT2D eigenvalue weighted by atomic mass is 9.76. The minimum Gasteiger partial charge on any atom is -0.304 e. The molecule has 1 aromatic heterocycles. The highest BCUT2D eigenvalue weighted by atomic mass is 15.1. The fraction of sp³-hybridized carbons (Fsp3) is 0.643. The fourth-order valence-electron chi connectivity index (χ4n) is 3.36. The molecule has 1 spiro atoms. The van der Waals surface area contributed by atoms with Gasteiger partial charge in [-0.1, -0.05) is 6.92 Å². The van der Waals surface area contributed by atoms with Gasteiger partial charge in [-0.2, -0.15) is 0 Å². The number of hydrogen-bond acceptors (Lipinski definition) is 2. The number of nitrogens with zero attached hydrogens (tertiary/aromatic N) is 2. The molecule has 2 heteroatoms. The lowest BCUT2D eigenvalue weighted by Gasteiger charge is -2.39. The van der Waals surface area contributed by atoms with Crippen LogP contribution in [0.3, 0.4) is 0 Å². The third-order valence-electron chi connectivity index (χ3n) is 4.50. The third kappa shape index (κ3) is 1.65. The Morgan fingerprint density at radius 1 is 1.25 bits per heavy atom. The molecule has 0 radical (unpaired) electrons. The molecule has 3 rings (SSSR count). The van der Waals surface area contributed by atoms with Gasteiger partial charge in [-0.3, -0.25) is 4.98 Å². The van der Waals surface area contributed by atoms with Crippen molar-refractivity contribution in [2.24, 2.45) is 5.41 Å². The van der Waals surface area contributed by atoms with Gasteiger partial charge in [0.2, 0.25) is 0 Å². The Labute approximate surface area is 97.7 Å². The monoisotopic (exact) mass is 216 g/mol. The molecule has 1 fully saturated rings. The van der Waals surface area contributed by atoms with Gasteiger partial charge >= 0.3 is 0 Å². The Morgan fingerprint density at radius 3 is 2.69 bits per heavy atom. The first-order valence-corrected chi connectivity index (χ1v) is 6.45. The highest BCUT2D eigenvalue weighted by Gasteiger charge is 2.39. The van der Waals surface area contributed by atoms with E-state index in [-0.39, 0.29) is 0 Å². The summed E-state index contributed by atoms with van der Waals surface area (Å²) in [7, 11) is 0. The van der Waals surface area contributed by atoms with E-state index in [1.54, 1.807) is 5.56 Å². The van der Waals surface area contributed by atoms with E-state index in [1.807, 2.05) is 6.20 Å². The molecule has 2 heterocycles. The zero-order valence-corrected chi connectivity index (χ0v) is 10.1. The van der Waals surface area contributed by atoms with Crippen molar-refractivity contribution in [2.75, 3.05) is 19.6 Å². The summed E-state index contributed by atoms with van der Waals surface area (Å²) in [6.45, 7) is 6.06. The van der Waals surface area contributed by atoms with E-state index in [0.717, 1.165) is 0 Å². The van der Waals surface area contributed by atoms with Crippen LogP contribution in [0.2, 0.25) is 0 Å². The molecule has 2 aliphatic rings. The van der Waals surface area contributed by atoms with Crippen LogP contribution >= 0.6 is 0 Å². The normalized spacial score (nSPS) is 23.6. The van der Waals surface area contributed by atoms with Crippen molar-refractivity contribution in [3.05, 3.63) is 29.6 Å². The molecule has 0 amide bonds. The maximum Gasteiger partial charge on any atom is 0.0302 e. The van der Waals surface area contributed by atoms with Crippen molar-refractivity contribution in [1.29, 1.82) is 0 Å². The Balaban J connectivity index is 1.75. The number of fused-ring (bicyclic) bond motifs is 1. The first-order chi connectivity index (χ1) is 7.81. The lowest BCUT2D eigenvalue weighted by molar-refractivity contribution is 0.116. The molecule has 1 aromatic rings. The predicted molar refractivity (Wildman–Crippen MR) is 65.4 cm³/mol. The van der Waals surface area contributed by atoms with Gasteiger partial charge in [-0.05, 0) is 67.9 Å². The highest BCUT2D eigenvalue weighted by molar-refractivity contribution is 5.31. The Bertz CT molecular complexity index is 351. The largest absolute Gasteiger partial charge is 0.304 e. The minimum absolute atomic E-state index is 0.580. The first kappa shape index (κ1) is 10.3. The molecule has 0 saturated carbocycles. The maximum absolute atomic E-state index is 4.26. The average molecular weight is 216 g/mol. The molecule has 0 unspecified atom stereocenters. The van der Waals surface area contributed by atoms with E-state index in [0.29, 0.717) is 5.41 Å². The summed E-state index contributed by atoms with van der Waals surface area (Å²) in [5.41, 5.74) is 3.64. The first-order valence-electron chi connectivity index (χ1n) is 6.45. The van der Waals surface area contributed by atoms with Gasteiger partial charge in [0.1, 0.15) is 0 Å². The molecule has 1 aliphatic heterocycles. The third-order valence-corrected chi connectivity index (χ3v) is 4.50. The number of hydrogen-bond donors (Lipinski definition) is 0. The molecular weight excluding hydrogens is 196 g/mol. The van der Waals surface area contributed by atoms with E-state index in [4.69, 9.17) is 0 Å². The summed E-state index contributed by atoms with van der Waals surface area (Å²) in [4.78, 5) is 6.83. The zero-order chi connectivity index (χ0) is 11.0. The smallest absolute Gasteiger partial charge is 0.0302 e. The molecule has 1 aliphatic carbocycles.